The summed E-state index contributed by atoms with van der Waals surface area (Å²) in [6, 6.07) is 15.0. The third kappa shape index (κ3) is 5.41. The van der Waals surface area contributed by atoms with Crippen LogP contribution in [0.1, 0.15) is 68.3 Å². The van der Waals surface area contributed by atoms with Crippen LogP contribution in [0.15, 0.2) is 48.5 Å². The van der Waals surface area contributed by atoms with E-state index in [0.29, 0.717) is 22.9 Å². The maximum absolute atomic E-state index is 13.1. The number of rotatable bonds is 6. The van der Waals surface area contributed by atoms with Crippen LogP contribution in [0, 0.1) is 0 Å². The highest BCUT2D eigenvalue weighted by molar-refractivity contribution is 6.04. The molecule has 1 fully saturated rings. The summed E-state index contributed by atoms with van der Waals surface area (Å²) in [5, 5.41) is 2.90. The topological polar surface area (TPSA) is 58.6 Å². The first-order chi connectivity index (χ1) is 14.5. The fourth-order valence-electron chi connectivity index (χ4n) is 3.77. The molecule has 160 valence electrons. The predicted molar refractivity (Wildman–Crippen MR) is 120 cm³/mol. The monoisotopic (exact) mass is 408 g/mol. The second kappa shape index (κ2) is 10.3. The number of hydrogen-bond donors (Lipinski definition) is 1. The zero-order chi connectivity index (χ0) is 21.5. The summed E-state index contributed by atoms with van der Waals surface area (Å²) in [5.74, 6) is 0.712. The quantitative estimate of drug-likeness (QED) is 0.712. The maximum atomic E-state index is 13.1. The molecule has 1 atom stereocenters. The average Bonchev–Trinajstić information content (AvgIpc) is 3.03. The standard InChI is InChI=1S/C25H32N2O3/c1-18(2)20-12-7-9-15-23(20)30-19(3)24(28)26-22-14-8-6-13-21(22)25(29)27-16-10-4-5-11-17-27/h6-9,12-15,18-19H,4-5,10-11,16-17H2,1-3H3,(H,26,28)/t19-/m1/s1. The fourth-order valence-corrected chi connectivity index (χ4v) is 3.77. The molecule has 0 radical (unpaired) electrons. The van der Waals surface area contributed by atoms with Crippen LogP contribution in [0.5, 0.6) is 5.75 Å². The summed E-state index contributed by atoms with van der Waals surface area (Å²) in [5.41, 5.74) is 2.13. The molecule has 3 rings (SSSR count). The van der Waals surface area contributed by atoms with Gasteiger partial charge in [-0.2, -0.15) is 0 Å². The van der Waals surface area contributed by atoms with E-state index in [0.717, 1.165) is 44.3 Å². The molecule has 0 unspecified atom stereocenters. The van der Waals surface area contributed by atoms with Gasteiger partial charge in [0, 0.05) is 13.1 Å². The van der Waals surface area contributed by atoms with E-state index >= 15 is 0 Å². The first kappa shape index (κ1) is 21.9. The Morgan fingerprint density at radius 1 is 0.900 bits per heavy atom. The largest absolute Gasteiger partial charge is 0.481 e. The Morgan fingerprint density at radius 2 is 1.53 bits per heavy atom. The van der Waals surface area contributed by atoms with Crippen molar-refractivity contribution in [1.29, 1.82) is 0 Å². The van der Waals surface area contributed by atoms with Crippen LogP contribution in [0.25, 0.3) is 0 Å². The van der Waals surface area contributed by atoms with Crippen LogP contribution >= 0.6 is 0 Å². The summed E-state index contributed by atoms with van der Waals surface area (Å²) in [6.45, 7) is 7.46. The predicted octanol–water partition coefficient (Wildman–Crippen LogP) is 5.23. The average molecular weight is 409 g/mol. The Bertz CT molecular complexity index is 870. The Morgan fingerprint density at radius 3 is 2.23 bits per heavy atom. The van der Waals surface area contributed by atoms with E-state index in [1.165, 1.54) is 0 Å². The lowest BCUT2D eigenvalue weighted by Crippen LogP contribution is -2.34. The van der Waals surface area contributed by atoms with Crippen molar-refractivity contribution in [2.75, 3.05) is 18.4 Å². The second-order valence-corrected chi connectivity index (χ2v) is 8.19. The first-order valence-corrected chi connectivity index (χ1v) is 10.9. The molecule has 2 aromatic rings. The number of para-hydroxylation sites is 2. The third-order valence-electron chi connectivity index (χ3n) is 5.52. The van der Waals surface area contributed by atoms with E-state index in [2.05, 4.69) is 19.2 Å². The molecule has 2 aromatic carbocycles. The second-order valence-electron chi connectivity index (χ2n) is 8.19. The highest BCUT2D eigenvalue weighted by Gasteiger charge is 2.23. The van der Waals surface area contributed by atoms with Crippen molar-refractivity contribution in [3.05, 3.63) is 59.7 Å². The molecule has 2 amide bonds. The van der Waals surface area contributed by atoms with Crippen molar-refractivity contribution in [3.63, 3.8) is 0 Å². The minimum absolute atomic E-state index is 0.0217. The van der Waals surface area contributed by atoms with Gasteiger partial charge in [0.05, 0.1) is 11.3 Å². The van der Waals surface area contributed by atoms with Crippen LogP contribution in [0.2, 0.25) is 0 Å². The smallest absolute Gasteiger partial charge is 0.265 e. The number of benzene rings is 2. The molecule has 1 saturated heterocycles. The van der Waals surface area contributed by atoms with Gasteiger partial charge in [-0.25, -0.2) is 0 Å². The molecule has 1 heterocycles. The molecule has 5 heteroatoms. The molecule has 1 aliphatic heterocycles. The molecular weight excluding hydrogens is 376 g/mol. The lowest BCUT2D eigenvalue weighted by molar-refractivity contribution is -0.122. The Labute approximate surface area is 179 Å². The van der Waals surface area contributed by atoms with Gasteiger partial charge in [-0.05, 0) is 49.4 Å². The molecule has 0 saturated carbocycles. The van der Waals surface area contributed by atoms with Gasteiger partial charge in [-0.1, -0.05) is 57.0 Å². The number of nitrogens with one attached hydrogen (secondary N) is 1. The van der Waals surface area contributed by atoms with Crippen molar-refractivity contribution in [1.82, 2.24) is 4.90 Å². The van der Waals surface area contributed by atoms with Crippen LogP contribution in [-0.2, 0) is 4.79 Å². The van der Waals surface area contributed by atoms with Crippen molar-refractivity contribution < 1.29 is 14.3 Å². The molecule has 1 aliphatic rings. The molecule has 0 aliphatic carbocycles. The lowest BCUT2D eigenvalue weighted by Gasteiger charge is -2.23. The van der Waals surface area contributed by atoms with E-state index in [9.17, 15) is 9.59 Å². The minimum atomic E-state index is -0.689. The third-order valence-corrected chi connectivity index (χ3v) is 5.52. The van der Waals surface area contributed by atoms with Gasteiger partial charge in [0.2, 0.25) is 0 Å². The lowest BCUT2D eigenvalue weighted by atomic mass is 10.0. The van der Waals surface area contributed by atoms with E-state index in [1.807, 2.05) is 41.3 Å². The Balaban J connectivity index is 1.72. The van der Waals surface area contributed by atoms with Crippen LogP contribution in [0.4, 0.5) is 5.69 Å². The molecule has 0 bridgehead atoms. The number of nitrogens with zero attached hydrogens (tertiary/aromatic N) is 1. The molecule has 1 N–H and O–H groups in total. The van der Waals surface area contributed by atoms with Gasteiger partial charge in [0.1, 0.15) is 5.75 Å². The van der Waals surface area contributed by atoms with E-state index in [1.54, 1.807) is 19.1 Å². The van der Waals surface area contributed by atoms with Gasteiger partial charge >= 0.3 is 0 Å². The Hall–Kier alpha value is -2.82. The molecule has 0 aromatic heterocycles. The number of carbonyl (C=O) groups is 2. The minimum Gasteiger partial charge on any atom is -0.481 e. The van der Waals surface area contributed by atoms with Crippen LogP contribution in [0.3, 0.4) is 0 Å². The molecule has 0 spiro atoms. The molecule has 5 nitrogen and oxygen atoms in total. The first-order valence-electron chi connectivity index (χ1n) is 10.9. The molecular formula is C25H32N2O3. The van der Waals surface area contributed by atoms with E-state index in [4.69, 9.17) is 4.74 Å². The summed E-state index contributed by atoms with van der Waals surface area (Å²) >= 11 is 0. The van der Waals surface area contributed by atoms with E-state index < -0.39 is 6.10 Å². The van der Waals surface area contributed by atoms with Crippen LogP contribution in [-0.4, -0.2) is 35.9 Å². The van der Waals surface area contributed by atoms with Gasteiger partial charge in [0.15, 0.2) is 6.10 Å². The van der Waals surface area contributed by atoms with Gasteiger partial charge in [0.25, 0.3) is 11.8 Å². The number of likely N-dealkylation sites (tertiary alicyclic amines) is 1. The van der Waals surface area contributed by atoms with Gasteiger partial charge in [-0.3, -0.25) is 9.59 Å². The maximum Gasteiger partial charge on any atom is 0.265 e. The van der Waals surface area contributed by atoms with Crippen molar-refractivity contribution in [2.24, 2.45) is 0 Å². The van der Waals surface area contributed by atoms with Gasteiger partial charge < -0.3 is 15.0 Å². The van der Waals surface area contributed by atoms with E-state index in [-0.39, 0.29) is 11.8 Å². The summed E-state index contributed by atoms with van der Waals surface area (Å²) < 4.78 is 5.97. The number of hydrogen-bond acceptors (Lipinski definition) is 3. The highest BCUT2D eigenvalue weighted by atomic mass is 16.5. The zero-order valence-electron chi connectivity index (χ0n) is 18.2. The number of carbonyl (C=O) groups excluding carboxylic acids is 2. The summed E-state index contributed by atoms with van der Waals surface area (Å²) in [7, 11) is 0. The number of anilines is 1. The van der Waals surface area contributed by atoms with Crippen molar-refractivity contribution in [3.8, 4) is 5.75 Å². The highest BCUT2D eigenvalue weighted by Crippen LogP contribution is 2.27. The van der Waals surface area contributed by atoms with Crippen molar-refractivity contribution >= 4 is 17.5 Å². The summed E-state index contributed by atoms with van der Waals surface area (Å²) in [6.07, 6.45) is 3.69. The number of amides is 2. The fraction of sp³-hybridized carbons (Fsp3) is 0.440. The SMILES string of the molecule is CC(C)c1ccccc1O[C@H](C)C(=O)Nc1ccccc1C(=O)N1CCCCCC1. The number of ether oxygens (including phenoxy) is 1. The van der Waals surface area contributed by atoms with Crippen LogP contribution < -0.4 is 10.1 Å². The normalized spacial score (nSPS) is 15.4. The van der Waals surface area contributed by atoms with Crippen molar-refractivity contribution in [2.45, 2.75) is 58.5 Å². The zero-order valence-corrected chi connectivity index (χ0v) is 18.2. The molecule has 30 heavy (non-hydrogen) atoms. The Kier molecular flexibility index (Phi) is 7.50. The van der Waals surface area contributed by atoms with Gasteiger partial charge in [-0.15, -0.1) is 0 Å². The summed E-state index contributed by atoms with van der Waals surface area (Å²) in [4.78, 5) is 27.8.